The molecule has 144 valence electrons. The monoisotopic (exact) mass is 386 g/mol. The van der Waals surface area contributed by atoms with Crippen molar-refractivity contribution in [2.75, 3.05) is 13.1 Å². The third kappa shape index (κ3) is 4.96. The Labute approximate surface area is 161 Å². The van der Waals surface area contributed by atoms with Gasteiger partial charge < -0.3 is 5.32 Å². The average Bonchev–Trinajstić information content (AvgIpc) is 2.67. The van der Waals surface area contributed by atoms with Crippen LogP contribution < -0.4 is 5.32 Å². The molecule has 0 radical (unpaired) electrons. The zero-order chi connectivity index (χ0) is 19.3. The van der Waals surface area contributed by atoms with E-state index in [2.05, 4.69) is 5.32 Å². The largest absolute Gasteiger partial charge is 0.352 e. The van der Waals surface area contributed by atoms with Gasteiger partial charge in [0.05, 0.1) is 5.75 Å². The normalized spacial score (nSPS) is 17.4. The SMILES string of the molecule is CC1(C(=O)NCc2ccccc2)CCN(S(=O)(=O)Cc2ccccc2)CC1. The van der Waals surface area contributed by atoms with Gasteiger partial charge in [-0.3, -0.25) is 4.79 Å². The molecular weight excluding hydrogens is 360 g/mol. The maximum atomic E-state index is 12.7. The maximum Gasteiger partial charge on any atom is 0.226 e. The van der Waals surface area contributed by atoms with Gasteiger partial charge in [-0.25, -0.2) is 12.7 Å². The molecule has 1 saturated heterocycles. The topological polar surface area (TPSA) is 66.5 Å². The van der Waals surface area contributed by atoms with E-state index in [0.29, 0.717) is 32.5 Å². The van der Waals surface area contributed by atoms with Gasteiger partial charge in [0.2, 0.25) is 15.9 Å². The molecule has 1 aliphatic rings. The van der Waals surface area contributed by atoms with Crippen LogP contribution in [0.15, 0.2) is 60.7 Å². The van der Waals surface area contributed by atoms with Crippen molar-refractivity contribution in [1.29, 1.82) is 0 Å². The zero-order valence-corrected chi connectivity index (χ0v) is 16.4. The number of carbonyl (C=O) groups is 1. The van der Waals surface area contributed by atoms with E-state index in [4.69, 9.17) is 0 Å². The standard InChI is InChI=1S/C21H26N2O3S/c1-21(20(24)22-16-18-8-4-2-5-9-18)12-14-23(15-13-21)27(25,26)17-19-10-6-3-7-11-19/h2-11H,12-17H2,1H3,(H,22,24). The fraction of sp³-hybridized carbons (Fsp3) is 0.381. The minimum atomic E-state index is -3.37. The number of amides is 1. The molecule has 1 heterocycles. The summed E-state index contributed by atoms with van der Waals surface area (Å²) in [5.41, 5.74) is 1.30. The molecule has 0 aliphatic carbocycles. The molecule has 0 bridgehead atoms. The average molecular weight is 387 g/mol. The van der Waals surface area contributed by atoms with Gasteiger partial charge in [0, 0.05) is 25.0 Å². The molecule has 0 saturated carbocycles. The fourth-order valence-electron chi connectivity index (χ4n) is 3.35. The van der Waals surface area contributed by atoms with Gasteiger partial charge in [0.25, 0.3) is 0 Å². The molecule has 1 aliphatic heterocycles. The highest BCUT2D eigenvalue weighted by Crippen LogP contribution is 2.32. The number of nitrogens with zero attached hydrogens (tertiary/aromatic N) is 1. The molecule has 0 aromatic heterocycles. The van der Waals surface area contributed by atoms with Crippen molar-refractivity contribution in [3.05, 3.63) is 71.8 Å². The molecule has 1 amide bonds. The molecule has 0 unspecified atom stereocenters. The van der Waals surface area contributed by atoms with Crippen LogP contribution >= 0.6 is 0 Å². The smallest absolute Gasteiger partial charge is 0.226 e. The van der Waals surface area contributed by atoms with Crippen LogP contribution in [0.3, 0.4) is 0 Å². The van der Waals surface area contributed by atoms with E-state index in [1.165, 1.54) is 4.31 Å². The Morgan fingerprint density at radius 1 is 0.963 bits per heavy atom. The zero-order valence-electron chi connectivity index (χ0n) is 15.6. The van der Waals surface area contributed by atoms with Crippen LogP contribution in [-0.2, 0) is 27.1 Å². The summed E-state index contributed by atoms with van der Waals surface area (Å²) in [5.74, 6) is -0.00319. The molecule has 0 spiro atoms. The first-order chi connectivity index (χ1) is 12.9. The van der Waals surface area contributed by atoms with Crippen LogP contribution in [0.4, 0.5) is 0 Å². The third-order valence-corrected chi connectivity index (χ3v) is 7.11. The lowest BCUT2D eigenvalue weighted by atomic mass is 9.80. The van der Waals surface area contributed by atoms with Gasteiger partial charge in [0.1, 0.15) is 0 Å². The molecule has 1 fully saturated rings. The minimum Gasteiger partial charge on any atom is -0.352 e. The van der Waals surface area contributed by atoms with E-state index in [1.807, 2.05) is 67.6 Å². The van der Waals surface area contributed by atoms with Crippen molar-refractivity contribution in [3.63, 3.8) is 0 Å². The Balaban J connectivity index is 1.56. The lowest BCUT2D eigenvalue weighted by Crippen LogP contribution is -2.48. The van der Waals surface area contributed by atoms with Crippen molar-refractivity contribution >= 4 is 15.9 Å². The maximum absolute atomic E-state index is 12.7. The quantitative estimate of drug-likeness (QED) is 0.830. The van der Waals surface area contributed by atoms with Crippen LogP contribution in [0.1, 0.15) is 30.9 Å². The van der Waals surface area contributed by atoms with Crippen LogP contribution in [0.25, 0.3) is 0 Å². The third-order valence-electron chi connectivity index (χ3n) is 5.26. The summed E-state index contributed by atoms with van der Waals surface area (Å²) >= 11 is 0. The number of carbonyl (C=O) groups excluding carboxylic acids is 1. The lowest BCUT2D eigenvalue weighted by molar-refractivity contribution is -0.132. The summed E-state index contributed by atoms with van der Waals surface area (Å²) in [6, 6.07) is 19.0. The molecule has 1 N–H and O–H groups in total. The Morgan fingerprint density at radius 3 is 2.04 bits per heavy atom. The van der Waals surface area contributed by atoms with E-state index in [1.54, 1.807) is 0 Å². The number of hydrogen-bond acceptors (Lipinski definition) is 3. The highest BCUT2D eigenvalue weighted by atomic mass is 32.2. The number of hydrogen-bond donors (Lipinski definition) is 1. The van der Waals surface area contributed by atoms with Gasteiger partial charge >= 0.3 is 0 Å². The van der Waals surface area contributed by atoms with E-state index < -0.39 is 15.4 Å². The molecule has 27 heavy (non-hydrogen) atoms. The Morgan fingerprint density at radius 2 is 1.48 bits per heavy atom. The van der Waals surface area contributed by atoms with Crippen molar-refractivity contribution < 1.29 is 13.2 Å². The van der Waals surface area contributed by atoms with Crippen molar-refractivity contribution in [3.8, 4) is 0 Å². The Bertz CT molecular complexity index is 859. The molecule has 6 heteroatoms. The lowest BCUT2D eigenvalue weighted by Gasteiger charge is -2.37. The Kier molecular flexibility index (Phi) is 5.97. The van der Waals surface area contributed by atoms with Gasteiger partial charge in [-0.2, -0.15) is 0 Å². The van der Waals surface area contributed by atoms with Crippen LogP contribution in [0.2, 0.25) is 0 Å². The van der Waals surface area contributed by atoms with Gasteiger partial charge in [-0.15, -0.1) is 0 Å². The second-order valence-corrected chi connectivity index (χ2v) is 9.34. The van der Waals surface area contributed by atoms with E-state index in [0.717, 1.165) is 11.1 Å². The predicted octanol–water partition coefficient (Wildman–Crippen LogP) is 2.93. The first-order valence-corrected chi connectivity index (χ1v) is 10.8. The summed E-state index contributed by atoms with van der Waals surface area (Å²) in [7, 11) is -3.37. The summed E-state index contributed by atoms with van der Waals surface area (Å²) in [6.45, 7) is 3.18. The summed E-state index contributed by atoms with van der Waals surface area (Å²) in [6.07, 6.45) is 1.06. The Hall–Kier alpha value is -2.18. The number of piperidine rings is 1. The highest BCUT2D eigenvalue weighted by molar-refractivity contribution is 7.88. The van der Waals surface area contributed by atoms with E-state index >= 15 is 0 Å². The second kappa shape index (κ2) is 8.23. The van der Waals surface area contributed by atoms with Crippen molar-refractivity contribution in [2.45, 2.75) is 32.1 Å². The molecule has 2 aromatic rings. The number of benzene rings is 2. The number of sulfonamides is 1. The summed E-state index contributed by atoms with van der Waals surface area (Å²) in [4.78, 5) is 12.7. The predicted molar refractivity (Wildman–Crippen MR) is 106 cm³/mol. The summed E-state index contributed by atoms with van der Waals surface area (Å²) in [5, 5.41) is 3.00. The van der Waals surface area contributed by atoms with E-state index in [-0.39, 0.29) is 11.7 Å². The molecule has 2 aromatic carbocycles. The van der Waals surface area contributed by atoms with E-state index in [9.17, 15) is 13.2 Å². The first kappa shape index (κ1) is 19.6. The molecule has 5 nitrogen and oxygen atoms in total. The molecular formula is C21H26N2O3S. The molecule has 0 atom stereocenters. The van der Waals surface area contributed by atoms with Gasteiger partial charge in [-0.1, -0.05) is 67.6 Å². The fourth-order valence-corrected chi connectivity index (χ4v) is 4.89. The highest BCUT2D eigenvalue weighted by Gasteiger charge is 2.39. The van der Waals surface area contributed by atoms with Crippen molar-refractivity contribution in [1.82, 2.24) is 9.62 Å². The van der Waals surface area contributed by atoms with Crippen LogP contribution in [0, 0.1) is 5.41 Å². The number of nitrogens with one attached hydrogen (secondary N) is 1. The van der Waals surface area contributed by atoms with Gasteiger partial charge in [-0.05, 0) is 24.0 Å². The minimum absolute atomic E-state index is 0.00472. The molecule has 3 rings (SSSR count). The second-order valence-electron chi connectivity index (χ2n) is 7.37. The summed E-state index contributed by atoms with van der Waals surface area (Å²) < 4.78 is 26.9. The van der Waals surface area contributed by atoms with Crippen LogP contribution in [-0.4, -0.2) is 31.7 Å². The van der Waals surface area contributed by atoms with Crippen molar-refractivity contribution in [2.24, 2.45) is 5.41 Å². The van der Waals surface area contributed by atoms with Crippen LogP contribution in [0.5, 0.6) is 0 Å². The number of rotatable bonds is 6. The van der Waals surface area contributed by atoms with Gasteiger partial charge in [0.15, 0.2) is 0 Å². The first-order valence-electron chi connectivity index (χ1n) is 9.23.